The predicted molar refractivity (Wildman–Crippen MR) is 80.5 cm³/mol. The molecule has 0 unspecified atom stereocenters. The van der Waals surface area contributed by atoms with E-state index < -0.39 is 0 Å². The van der Waals surface area contributed by atoms with Crippen LogP contribution in [0.1, 0.15) is 30.3 Å². The molecule has 0 spiro atoms. The molecule has 0 aromatic carbocycles. The van der Waals surface area contributed by atoms with Crippen LogP contribution in [0.5, 0.6) is 0 Å². The lowest BCUT2D eigenvalue weighted by molar-refractivity contribution is 0.664. The second kappa shape index (κ2) is 6.30. The standard InChI is InChI=1S/C14H19BrN4/c1-4-5-16-8-12-7-13(15)9-17-14(12)19-11(3)6-10(2)18-19/h6-7,9,16H,4-5,8H2,1-3H3. The number of nitrogens with zero attached hydrogens (tertiary/aromatic N) is 3. The lowest BCUT2D eigenvalue weighted by atomic mass is 10.2. The molecule has 2 aromatic rings. The maximum Gasteiger partial charge on any atom is 0.158 e. The van der Waals surface area contributed by atoms with Crippen molar-refractivity contribution < 1.29 is 0 Å². The predicted octanol–water partition coefficient (Wildman–Crippen LogP) is 3.15. The van der Waals surface area contributed by atoms with E-state index in [4.69, 9.17) is 0 Å². The third-order valence-electron chi connectivity index (χ3n) is 2.86. The number of nitrogens with one attached hydrogen (secondary N) is 1. The van der Waals surface area contributed by atoms with Gasteiger partial charge in [0.2, 0.25) is 0 Å². The minimum Gasteiger partial charge on any atom is -0.313 e. The number of aromatic nitrogens is 3. The van der Waals surface area contributed by atoms with E-state index in [1.165, 1.54) is 0 Å². The molecule has 0 aliphatic rings. The number of rotatable bonds is 5. The van der Waals surface area contributed by atoms with Gasteiger partial charge in [0.15, 0.2) is 5.82 Å². The fraction of sp³-hybridized carbons (Fsp3) is 0.429. The summed E-state index contributed by atoms with van der Waals surface area (Å²) in [5.74, 6) is 0.900. The van der Waals surface area contributed by atoms with Gasteiger partial charge in [0.25, 0.3) is 0 Å². The lowest BCUT2D eigenvalue weighted by Crippen LogP contribution is -2.17. The molecule has 2 heterocycles. The Bertz CT molecular complexity index is 563. The van der Waals surface area contributed by atoms with Gasteiger partial charge in [-0.1, -0.05) is 6.92 Å². The van der Waals surface area contributed by atoms with Crippen molar-refractivity contribution >= 4 is 15.9 Å². The van der Waals surface area contributed by atoms with Crippen LogP contribution in [-0.2, 0) is 6.54 Å². The Labute approximate surface area is 122 Å². The summed E-state index contributed by atoms with van der Waals surface area (Å²) in [5, 5.41) is 7.92. The van der Waals surface area contributed by atoms with E-state index in [0.29, 0.717) is 0 Å². The molecule has 0 radical (unpaired) electrons. The van der Waals surface area contributed by atoms with Crippen molar-refractivity contribution in [1.82, 2.24) is 20.1 Å². The fourth-order valence-electron chi connectivity index (χ4n) is 2.04. The summed E-state index contributed by atoms with van der Waals surface area (Å²) in [6, 6.07) is 4.16. The molecule has 0 bridgehead atoms. The maximum absolute atomic E-state index is 4.51. The van der Waals surface area contributed by atoms with Gasteiger partial charge in [-0.25, -0.2) is 9.67 Å². The molecule has 0 saturated carbocycles. The van der Waals surface area contributed by atoms with Gasteiger partial charge in [-0.2, -0.15) is 5.10 Å². The van der Waals surface area contributed by atoms with E-state index in [1.54, 1.807) is 0 Å². The largest absolute Gasteiger partial charge is 0.313 e. The number of halogens is 1. The highest BCUT2D eigenvalue weighted by atomic mass is 79.9. The number of aryl methyl sites for hydroxylation is 2. The van der Waals surface area contributed by atoms with Crippen LogP contribution in [0.2, 0.25) is 0 Å². The molecule has 5 heteroatoms. The van der Waals surface area contributed by atoms with E-state index in [0.717, 1.165) is 46.8 Å². The summed E-state index contributed by atoms with van der Waals surface area (Å²) in [7, 11) is 0. The highest BCUT2D eigenvalue weighted by Gasteiger charge is 2.10. The zero-order valence-electron chi connectivity index (χ0n) is 11.6. The van der Waals surface area contributed by atoms with Gasteiger partial charge in [0.05, 0.1) is 5.69 Å². The van der Waals surface area contributed by atoms with Crippen LogP contribution in [-0.4, -0.2) is 21.3 Å². The molecule has 0 aliphatic carbocycles. The second-order valence-electron chi connectivity index (χ2n) is 4.65. The third-order valence-corrected chi connectivity index (χ3v) is 3.30. The second-order valence-corrected chi connectivity index (χ2v) is 5.57. The van der Waals surface area contributed by atoms with Crippen molar-refractivity contribution in [3.8, 4) is 5.82 Å². The molecule has 0 atom stereocenters. The highest BCUT2D eigenvalue weighted by Crippen LogP contribution is 2.19. The van der Waals surface area contributed by atoms with E-state index in [-0.39, 0.29) is 0 Å². The van der Waals surface area contributed by atoms with Crippen molar-refractivity contribution in [2.45, 2.75) is 33.7 Å². The molecule has 19 heavy (non-hydrogen) atoms. The van der Waals surface area contributed by atoms with Crippen molar-refractivity contribution in [3.63, 3.8) is 0 Å². The SMILES string of the molecule is CCCNCc1cc(Br)cnc1-n1nc(C)cc1C. The summed E-state index contributed by atoms with van der Waals surface area (Å²) < 4.78 is 2.90. The molecular weight excluding hydrogens is 304 g/mol. The van der Waals surface area contributed by atoms with E-state index in [1.807, 2.05) is 24.7 Å². The van der Waals surface area contributed by atoms with Crippen LogP contribution < -0.4 is 5.32 Å². The quantitative estimate of drug-likeness (QED) is 0.860. The molecule has 1 N–H and O–H groups in total. The molecular formula is C14H19BrN4. The van der Waals surface area contributed by atoms with Gasteiger partial charge >= 0.3 is 0 Å². The summed E-state index contributed by atoms with van der Waals surface area (Å²) in [6.45, 7) is 8.01. The molecule has 0 amide bonds. The molecule has 102 valence electrons. The Morgan fingerprint density at radius 1 is 1.32 bits per heavy atom. The number of pyridine rings is 1. The van der Waals surface area contributed by atoms with Crippen LogP contribution in [0.15, 0.2) is 22.8 Å². The summed E-state index contributed by atoms with van der Waals surface area (Å²) >= 11 is 3.48. The number of hydrogen-bond acceptors (Lipinski definition) is 3. The van der Waals surface area contributed by atoms with Gasteiger partial charge in [-0.15, -0.1) is 0 Å². The summed E-state index contributed by atoms with van der Waals surface area (Å²) in [4.78, 5) is 4.51. The fourth-order valence-corrected chi connectivity index (χ4v) is 2.42. The van der Waals surface area contributed by atoms with E-state index in [9.17, 15) is 0 Å². The van der Waals surface area contributed by atoms with Crippen molar-refractivity contribution in [2.75, 3.05) is 6.54 Å². The third kappa shape index (κ3) is 3.42. The average Bonchev–Trinajstić information content (AvgIpc) is 2.69. The Kier molecular flexibility index (Phi) is 4.71. The van der Waals surface area contributed by atoms with Gasteiger partial charge in [0.1, 0.15) is 0 Å². The average molecular weight is 323 g/mol. The lowest BCUT2D eigenvalue weighted by Gasteiger charge is -2.11. The first-order valence-electron chi connectivity index (χ1n) is 6.50. The molecule has 0 saturated heterocycles. The van der Waals surface area contributed by atoms with E-state index in [2.05, 4.69) is 50.4 Å². The first-order chi connectivity index (χ1) is 9.11. The van der Waals surface area contributed by atoms with Crippen LogP contribution >= 0.6 is 15.9 Å². The summed E-state index contributed by atoms with van der Waals surface area (Å²) in [6.07, 6.45) is 2.94. The Morgan fingerprint density at radius 2 is 2.11 bits per heavy atom. The molecule has 0 fully saturated rings. The maximum atomic E-state index is 4.51. The number of hydrogen-bond donors (Lipinski definition) is 1. The Balaban J connectivity index is 2.36. The smallest absolute Gasteiger partial charge is 0.158 e. The zero-order chi connectivity index (χ0) is 13.8. The Hall–Kier alpha value is -1.20. The first-order valence-corrected chi connectivity index (χ1v) is 7.30. The van der Waals surface area contributed by atoms with Gasteiger partial charge in [-0.05, 0) is 54.9 Å². The van der Waals surface area contributed by atoms with Crippen LogP contribution in [0.25, 0.3) is 5.82 Å². The summed E-state index contributed by atoms with van der Waals surface area (Å²) in [5.41, 5.74) is 3.26. The molecule has 4 nitrogen and oxygen atoms in total. The highest BCUT2D eigenvalue weighted by molar-refractivity contribution is 9.10. The Morgan fingerprint density at radius 3 is 2.74 bits per heavy atom. The minimum atomic E-state index is 0.800. The molecule has 0 aliphatic heterocycles. The van der Waals surface area contributed by atoms with Crippen LogP contribution in [0.4, 0.5) is 0 Å². The molecule has 2 aromatic heterocycles. The van der Waals surface area contributed by atoms with Crippen molar-refractivity contribution in [2.24, 2.45) is 0 Å². The zero-order valence-corrected chi connectivity index (χ0v) is 13.2. The normalized spacial score (nSPS) is 10.9. The van der Waals surface area contributed by atoms with E-state index >= 15 is 0 Å². The minimum absolute atomic E-state index is 0.800. The van der Waals surface area contributed by atoms with Gasteiger partial charge in [-0.3, -0.25) is 0 Å². The van der Waals surface area contributed by atoms with Crippen LogP contribution in [0, 0.1) is 13.8 Å². The van der Waals surface area contributed by atoms with Crippen LogP contribution in [0.3, 0.4) is 0 Å². The first kappa shape index (κ1) is 14.2. The topological polar surface area (TPSA) is 42.7 Å². The van der Waals surface area contributed by atoms with Gasteiger partial charge < -0.3 is 5.32 Å². The monoisotopic (exact) mass is 322 g/mol. The molecule has 2 rings (SSSR count). The van der Waals surface area contributed by atoms with Crippen molar-refractivity contribution in [3.05, 3.63) is 39.8 Å². The van der Waals surface area contributed by atoms with Crippen molar-refractivity contribution in [1.29, 1.82) is 0 Å². The van der Waals surface area contributed by atoms with Gasteiger partial charge in [0, 0.05) is 28.5 Å².